The second-order valence-corrected chi connectivity index (χ2v) is 7.28. The number of halogens is 3. The van der Waals surface area contributed by atoms with Crippen molar-refractivity contribution < 1.29 is 8.42 Å². The van der Waals surface area contributed by atoms with E-state index in [1.807, 2.05) is 0 Å². The van der Waals surface area contributed by atoms with Crippen LogP contribution in [0, 0.1) is 0 Å². The molecule has 0 aliphatic heterocycles. The molecule has 3 rings (SSSR count). The minimum atomic E-state index is -4.03. The van der Waals surface area contributed by atoms with E-state index < -0.39 is 10.0 Å². The summed E-state index contributed by atoms with van der Waals surface area (Å²) in [5, 5.41) is 4.05. The summed E-state index contributed by atoms with van der Waals surface area (Å²) in [6.07, 6.45) is 3.92. The zero-order valence-corrected chi connectivity index (χ0v) is 14.6. The first-order valence-electron chi connectivity index (χ1n) is 6.21. The van der Waals surface area contributed by atoms with Crippen molar-refractivity contribution in [3.63, 3.8) is 0 Å². The van der Waals surface area contributed by atoms with Crippen LogP contribution in [0.1, 0.15) is 0 Å². The SMILES string of the molecule is O=S(=O)(Nc1cc(-n2cncn2)ncn1)c1cc(Cl)c(Cl)cc1Cl. The van der Waals surface area contributed by atoms with Gasteiger partial charge in [-0.2, -0.15) is 5.10 Å². The average Bonchev–Trinajstić information content (AvgIpc) is 3.05. The van der Waals surface area contributed by atoms with Crippen LogP contribution in [-0.2, 0) is 10.0 Å². The molecule has 0 bridgehead atoms. The van der Waals surface area contributed by atoms with Gasteiger partial charge in [-0.3, -0.25) is 4.72 Å². The second-order valence-electron chi connectivity index (χ2n) is 4.40. The molecule has 24 heavy (non-hydrogen) atoms. The fourth-order valence-corrected chi connectivity index (χ4v) is 3.76. The van der Waals surface area contributed by atoms with E-state index in [-0.39, 0.29) is 25.8 Å². The lowest BCUT2D eigenvalue weighted by Gasteiger charge is -2.10. The van der Waals surface area contributed by atoms with E-state index in [2.05, 4.69) is 24.8 Å². The molecule has 8 nitrogen and oxygen atoms in total. The van der Waals surface area contributed by atoms with Gasteiger partial charge in [0, 0.05) is 6.07 Å². The first-order chi connectivity index (χ1) is 11.4. The molecule has 3 aromatic rings. The molecular weight excluding hydrogens is 399 g/mol. The number of sulfonamides is 1. The number of nitrogens with zero attached hydrogens (tertiary/aromatic N) is 5. The van der Waals surface area contributed by atoms with Gasteiger partial charge in [0.2, 0.25) is 0 Å². The minimum Gasteiger partial charge on any atom is -0.263 e. The monoisotopic (exact) mass is 404 g/mol. The third kappa shape index (κ3) is 3.44. The number of anilines is 1. The number of nitrogens with one attached hydrogen (secondary N) is 1. The maximum absolute atomic E-state index is 12.5. The Kier molecular flexibility index (Phi) is 4.59. The van der Waals surface area contributed by atoms with Gasteiger partial charge in [-0.05, 0) is 12.1 Å². The lowest BCUT2D eigenvalue weighted by atomic mass is 10.4. The summed E-state index contributed by atoms with van der Waals surface area (Å²) in [5.74, 6) is 0.359. The van der Waals surface area contributed by atoms with Crippen LogP contribution in [0.5, 0.6) is 0 Å². The smallest absolute Gasteiger partial charge is 0.263 e. The van der Waals surface area contributed by atoms with E-state index >= 15 is 0 Å². The van der Waals surface area contributed by atoms with E-state index in [4.69, 9.17) is 34.8 Å². The lowest BCUT2D eigenvalue weighted by molar-refractivity contribution is 0.601. The molecule has 0 saturated carbocycles. The predicted octanol–water partition coefficient (Wildman–Crippen LogP) is 2.82. The first kappa shape index (κ1) is 16.9. The fourth-order valence-electron chi connectivity index (χ4n) is 1.76. The summed E-state index contributed by atoms with van der Waals surface area (Å²) >= 11 is 17.6. The summed E-state index contributed by atoms with van der Waals surface area (Å²) in [6.45, 7) is 0. The molecule has 0 unspecified atom stereocenters. The Hall–Kier alpha value is -1.94. The van der Waals surface area contributed by atoms with Gasteiger partial charge < -0.3 is 0 Å². The minimum absolute atomic E-state index is 0.0256. The molecule has 0 saturated heterocycles. The van der Waals surface area contributed by atoms with Crippen molar-refractivity contribution in [1.82, 2.24) is 24.7 Å². The normalized spacial score (nSPS) is 11.5. The molecule has 0 aliphatic rings. The molecule has 0 fully saturated rings. The molecule has 0 spiro atoms. The molecule has 1 aromatic carbocycles. The van der Waals surface area contributed by atoms with Crippen molar-refractivity contribution in [2.75, 3.05) is 4.72 Å². The Labute approximate surface area is 151 Å². The standard InChI is InChI=1S/C12H7Cl3N6O2S/c13-7-1-9(15)10(2-8(7)14)24(22,23)20-11-3-12(18-5-17-11)21-6-16-4-19-21/h1-6H,(H,17,18,20). The molecule has 124 valence electrons. The highest BCUT2D eigenvalue weighted by Gasteiger charge is 2.21. The van der Waals surface area contributed by atoms with Gasteiger partial charge in [-0.1, -0.05) is 34.8 Å². The number of rotatable bonds is 4. The highest BCUT2D eigenvalue weighted by atomic mass is 35.5. The van der Waals surface area contributed by atoms with Crippen LogP contribution in [0.25, 0.3) is 5.82 Å². The van der Waals surface area contributed by atoms with Crippen molar-refractivity contribution in [1.29, 1.82) is 0 Å². The Morgan fingerprint density at radius 3 is 2.42 bits per heavy atom. The van der Waals surface area contributed by atoms with E-state index in [0.29, 0.717) is 5.82 Å². The maximum Gasteiger partial charge on any atom is 0.264 e. The van der Waals surface area contributed by atoms with Crippen LogP contribution in [0.3, 0.4) is 0 Å². The molecule has 12 heteroatoms. The summed E-state index contributed by atoms with van der Waals surface area (Å²) in [4.78, 5) is 11.4. The van der Waals surface area contributed by atoms with Crippen LogP contribution >= 0.6 is 34.8 Å². The molecule has 1 N–H and O–H groups in total. The zero-order chi connectivity index (χ0) is 17.3. The highest BCUT2D eigenvalue weighted by Crippen LogP contribution is 2.32. The zero-order valence-electron chi connectivity index (χ0n) is 11.6. The number of hydrogen-bond donors (Lipinski definition) is 1. The molecule has 0 amide bonds. The van der Waals surface area contributed by atoms with Crippen molar-refractivity contribution in [3.05, 3.63) is 52.2 Å². The van der Waals surface area contributed by atoms with Crippen molar-refractivity contribution >= 4 is 50.6 Å². The van der Waals surface area contributed by atoms with E-state index in [1.165, 1.54) is 35.8 Å². The molecule has 0 aliphatic carbocycles. The Morgan fingerprint density at radius 2 is 1.71 bits per heavy atom. The predicted molar refractivity (Wildman–Crippen MR) is 89.2 cm³/mol. The molecule has 0 atom stereocenters. The van der Waals surface area contributed by atoms with Crippen molar-refractivity contribution in [3.8, 4) is 5.82 Å². The van der Waals surface area contributed by atoms with Crippen LogP contribution in [0.4, 0.5) is 5.82 Å². The average molecular weight is 406 g/mol. The second kappa shape index (κ2) is 6.52. The van der Waals surface area contributed by atoms with Gasteiger partial charge in [-0.25, -0.2) is 28.1 Å². The van der Waals surface area contributed by atoms with Crippen LogP contribution in [-0.4, -0.2) is 33.2 Å². The van der Waals surface area contributed by atoms with Gasteiger partial charge in [0.05, 0.1) is 15.1 Å². The van der Waals surface area contributed by atoms with E-state index in [0.717, 1.165) is 6.07 Å². The Balaban J connectivity index is 1.96. The number of benzene rings is 1. The van der Waals surface area contributed by atoms with Crippen LogP contribution in [0.15, 0.2) is 42.1 Å². The van der Waals surface area contributed by atoms with E-state index in [1.54, 1.807) is 0 Å². The Morgan fingerprint density at radius 1 is 0.958 bits per heavy atom. The van der Waals surface area contributed by atoms with E-state index in [9.17, 15) is 8.42 Å². The quantitative estimate of drug-likeness (QED) is 0.670. The molecular formula is C12H7Cl3N6O2S. The molecule has 0 radical (unpaired) electrons. The largest absolute Gasteiger partial charge is 0.264 e. The molecule has 2 aromatic heterocycles. The van der Waals surface area contributed by atoms with Crippen molar-refractivity contribution in [2.45, 2.75) is 4.90 Å². The maximum atomic E-state index is 12.5. The third-order valence-corrected chi connectivity index (χ3v) is 5.35. The summed E-state index contributed by atoms with van der Waals surface area (Å²) in [6, 6.07) is 3.80. The van der Waals surface area contributed by atoms with Gasteiger partial charge >= 0.3 is 0 Å². The van der Waals surface area contributed by atoms with Crippen LogP contribution < -0.4 is 4.72 Å². The lowest BCUT2D eigenvalue weighted by Crippen LogP contribution is -2.15. The van der Waals surface area contributed by atoms with Gasteiger partial charge in [0.15, 0.2) is 5.82 Å². The summed E-state index contributed by atoms with van der Waals surface area (Å²) in [5.41, 5.74) is 0. The molecule has 2 heterocycles. The Bertz CT molecular complexity index is 994. The number of hydrogen-bond acceptors (Lipinski definition) is 6. The fraction of sp³-hybridized carbons (Fsp3) is 0. The van der Waals surface area contributed by atoms with Gasteiger partial charge in [0.25, 0.3) is 10.0 Å². The first-order valence-corrected chi connectivity index (χ1v) is 8.83. The topological polar surface area (TPSA) is 103 Å². The van der Waals surface area contributed by atoms with Crippen LogP contribution in [0.2, 0.25) is 15.1 Å². The van der Waals surface area contributed by atoms with Gasteiger partial charge in [-0.15, -0.1) is 0 Å². The van der Waals surface area contributed by atoms with Gasteiger partial charge in [0.1, 0.15) is 29.7 Å². The van der Waals surface area contributed by atoms with Crippen molar-refractivity contribution in [2.24, 2.45) is 0 Å². The number of aromatic nitrogens is 5. The highest BCUT2D eigenvalue weighted by molar-refractivity contribution is 7.92. The third-order valence-electron chi connectivity index (χ3n) is 2.81. The summed E-state index contributed by atoms with van der Waals surface area (Å²) in [7, 11) is -4.03. The summed E-state index contributed by atoms with van der Waals surface area (Å²) < 4.78 is 28.6.